The fraction of sp³-hybridized carbons (Fsp3) is 0.667. The largest absolute Gasteiger partial charge is 0.295 e. The number of thiophene rings is 1. The minimum Gasteiger partial charge on any atom is -0.295 e. The molecule has 2 heterocycles. The highest BCUT2D eigenvalue weighted by molar-refractivity contribution is 7.90. The highest BCUT2D eigenvalue weighted by Gasteiger charge is 2.26. The van der Waals surface area contributed by atoms with Crippen LogP contribution in [0.25, 0.3) is 0 Å². The van der Waals surface area contributed by atoms with Gasteiger partial charge in [0.15, 0.2) is 0 Å². The van der Waals surface area contributed by atoms with Crippen LogP contribution in [0, 0.1) is 0 Å². The summed E-state index contributed by atoms with van der Waals surface area (Å²) in [6, 6.07) is 2.60. The van der Waals surface area contributed by atoms with Crippen molar-refractivity contribution in [3.63, 3.8) is 0 Å². The summed E-state index contributed by atoms with van der Waals surface area (Å²) >= 11 is 1.83. The van der Waals surface area contributed by atoms with Crippen LogP contribution in [0.3, 0.4) is 0 Å². The number of hydrogen-bond acceptors (Lipinski definition) is 4. The van der Waals surface area contributed by atoms with E-state index in [4.69, 9.17) is 0 Å². The summed E-state index contributed by atoms with van der Waals surface area (Å²) in [7, 11) is -2.86. The zero-order chi connectivity index (χ0) is 12.5. The molecule has 1 atom stereocenters. The predicted octanol–water partition coefficient (Wildman–Crippen LogP) is 2.10. The zero-order valence-corrected chi connectivity index (χ0v) is 12.0. The maximum Gasteiger partial charge on any atom is 0.148 e. The van der Waals surface area contributed by atoms with E-state index in [0.717, 1.165) is 19.4 Å². The number of fused-ring (bicyclic) bond motifs is 1. The minimum atomic E-state index is -2.86. The van der Waals surface area contributed by atoms with Crippen molar-refractivity contribution in [2.75, 3.05) is 25.1 Å². The highest BCUT2D eigenvalue weighted by atomic mass is 32.2. The van der Waals surface area contributed by atoms with E-state index in [-0.39, 0.29) is 5.75 Å². The Balaban J connectivity index is 2.10. The SMILES string of the molecule is CC[C@H]1c2ccsc2CCN1CCS(C)(=O)=O. The molecule has 96 valence electrons. The molecule has 0 amide bonds. The summed E-state index contributed by atoms with van der Waals surface area (Å²) in [5.74, 6) is 0.267. The maximum atomic E-state index is 11.2. The second kappa shape index (κ2) is 5.08. The van der Waals surface area contributed by atoms with Gasteiger partial charge in [0.1, 0.15) is 9.84 Å². The Morgan fingerprint density at radius 3 is 2.94 bits per heavy atom. The van der Waals surface area contributed by atoms with Crippen LogP contribution in [0.5, 0.6) is 0 Å². The summed E-state index contributed by atoms with van der Waals surface area (Å²) in [5, 5.41) is 2.15. The molecular formula is C12H19NO2S2. The lowest BCUT2D eigenvalue weighted by molar-refractivity contribution is 0.193. The molecule has 0 aliphatic carbocycles. The molecule has 0 saturated heterocycles. The third kappa shape index (κ3) is 3.09. The van der Waals surface area contributed by atoms with Crippen LogP contribution >= 0.6 is 11.3 Å². The monoisotopic (exact) mass is 273 g/mol. The molecule has 0 fully saturated rings. The van der Waals surface area contributed by atoms with Gasteiger partial charge >= 0.3 is 0 Å². The lowest BCUT2D eigenvalue weighted by Gasteiger charge is -2.35. The van der Waals surface area contributed by atoms with Crippen molar-refractivity contribution in [2.45, 2.75) is 25.8 Å². The molecule has 3 nitrogen and oxygen atoms in total. The summed E-state index contributed by atoms with van der Waals surface area (Å²) in [6.45, 7) is 3.82. The van der Waals surface area contributed by atoms with Gasteiger partial charge in [0, 0.05) is 30.3 Å². The van der Waals surface area contributed by atoms with Gasteiger partial charge in [-0.25, -0.2) is 8.42 Å². The molecule has 5 heteroatoms. The summed E-state index contributed by atoms with van der Waals surface area (Å²) < 4.78 is 22.5. The van der Waals surface area contributed by atoms with Crippen LogP contribution in [0.1, 0.15) is 29.8 Å². The van der Waals surface area contributed by atoms with Crippen molar-refractivity contribution in [3.8, 4) is 0 Å². The van der Waals surface area contributed by atoms with Crippen molar-refractivity contribution >= 4 is 21.2 Å². The van der Waals surface area contributed by atoms with E-state index < -0.39 is 9.84 Å². The molecular weight excluding hydrogens is 254 g/mol. The van der Waals surface area contributed by atoms with Crippen molar-refractivity contribution in [1.29, 1.82) is 0 Å². The molecule has 0 N–H and O–H groups in total. The van der Waals surface area contributed by atoms with Gasteiger partial charge in [-0.2, -0.15) is 0 Å². The van der Waals surface area contributed by atoms with Gasteiger partial charge in [-0.1, -0.05) is 6.92 Å². The Bertz CT molecular complexity index is 478. The minimum absolute atomic E-state index is 0.267. The van der Waals surface area contributed by atoms with Gasteiger partial charge in [-0.15, -0.1) is 11.3 Å². The van der Waals surface area contributed by atoms with Crippen molar-refractivity contribution in [3.05, 3.63) is 21.9 Å². The van der Waals surface area contributed by atoms with Crippen LogP contribution in [0.15, 0.2) is 11.4 Å². The molecule has 0 radical (unpaired) electrons. The fourth-order valence-electron chi connectivity index (χ4n) is 2.48. The first kappa shape index (κ1) is 13.1. The molecule has 0 aromatic carbocycles. The molecule has 1 aliphatic heterocycles. The van der Waals surface area contributed by atoms with Gasteiger partial charge in [0.2, 0.25) is 0 Å². The number of nitrogens with zero attached hydrogens (tertiary/aromatic N) is 1. The van der Waals surface area contributed by atoms with Crippen LogP contribution in [-0.4, -0.2) is 38.4 Å². The molecule has 17 heavy (non-hydrogen) atoms. The van der Waals surface area contributed by atoms with Crippen LogP contribution in [0.4, 0.5) is 0 Å². The second-order valence-electron chi connectivity index (χ2n) is 4.64. The summed E-state index contributed by atoms with van der Waals surface area (Å²) in [5.41, 5.74) is 1.41. The Hall–Kier alpha value is -0.390. The first-order valence-corrected chi connectivity index (χ1v) is 8.93. The van der Waals surface area contributed by atoms with E-state index in [1.807, 2.05) is 11.3 Å². The van der Waals surface area contributed by atoms with Gasteiger partial charge < -0.3 is 0 Å². The quantitative estimate of drug-likeness (QED) is 0.843. The second-order valence-corrected chi connectivity index (χ2v) is 7.90. The van der Waals surface area contributed by atoms with Crippen molar-refractivity contribution < 1.29 is 8.42 Å². The number of sulfone groups is 1. The van der Waals surface area contributed by atoms with E-state index in [9.17, 15) is 8.42 Å². The third-order valence-corrected chi connectivity index (χ3v) is 5.26. The Morgan fingerprint density at radius 1 is 1.53 bits per heavy atom. The summed E-state index contributed by atoms with van der Waals surface area (Å²) in [6.07, 6.45) is 3.43. The normalized spacial score (nSPS) is 21.4. The molecule has 0 bridgehead atoms. The van der Waals surface area contributed by atoms with Crippen molar-refractivity contribution in [2.24, 2.45) is 0 Å². The highest BCUT2D eigenvalue weighted by Crippen LogP contribution is 2.34. The van der Waals surface area contributed by atoms with E-state index in [1.54, 1.807) is 0 Å². The molecule has 1 aromatic rings. The van der Waals surface area contributed by atoms with Crippen LogP contribution in [-0.2, 0) is 16.3 Å². The molecule has 0 unspecified atom stereocenters. The van der Waals surface area contributed by atoms with Crippen LogP contribution < -0.4 is 0 Å². The zero-order valence-electron chi connectivity index (χ0n) is 10.3. The molecule has 1 aliphatic rings. The smallest absolute Gasteiger partial charge is 0.148 e. The van der Waals surface area contributed by atoms with Gasteiger partial charge in [0.25, 0.3) is 0 Å². The first-order chi connectivity index (χ1) is 8.01. The standard InChI is InChI=1S/C12H19NO2S2/c1-3-11-10-5-8-16-12(10)4-6-13(11)7-9-17(2,14)15/h5,8,11H,3-4,6-7,9H2,1-2H3/t11-/m0/s1. The number of rotatable bonds is 4. The first-order valence-electron chi connectivity index (χ1n) is 5.99. The molecule has 0 saturated carbocycles. The van der Waals surface area contributed by atoms with Gasteiger partial charge in [0.05, 0.1) is 5.75 Å². The summed E-state index contributed by atoms with van der Waals surface area (Å²) in [4.78, 5) is 3.79. The predicted molar refractivity (Wildman–Crippen MR) is 72.3 cm³/mol. The Labute approximate surface area is 107 Å². The third-order valence-electron chi connectivity index (χ3n) is 3.34. The van der Waals surface area contributed by atoms with E-state index >= 15 is 0 Å². The van der Waals surface area contributed by atoms with E-state index in [2.05, 4.69) is 23.3 Å². The average molecular weight is 273 g/mol. The van der Waals surface area contributed by atoms with Gasteiger partial charge in [-0.3, -0.25) is 4.90 Å². The number of hydrogen-bond donors (Lipinski definition) is 0. The van der Waals surface area contributed by atoms with E-state index in [0.29, 0.717) is 12.6 Å². The van der Waals surface area contributed by atoms with Crippen molar-refractivity contribution in [1.82, 2.24) is 4.90 Å². The molecule has 0 spiro atoms. The maximum absolute atomic E-state index is 11.2. The lowest BCUT2D eigenvalue weighted by Crippen LogP contribution is -2.37. The topological polar surface area (TPSA) is 37.4 Å². The average Bonchev–Trinajstić information content (AvgIpc) is 2.72. The lowest BCUT2D eigenvalue weighted by atomic mass is 9.98. The molecule has 1 aromatic heterocycles. The Kier molecular flexibility index (Phi) is 3.90. The van der Waals surface area contributed by atoms with Gasteiger partial charge in [-0.05, 0) is 29.9 Å². The fourth-order valence-corrected chi connectivity index (χ4v) is 3.97. The Morgan fingerprint density at radius 2 is 2.29 bits per heavy atom. The molecule has 2 rings (SSSR count). The van der Waals surface area contributed by atoms with Crippen LogP contribution in [0.2, 0.25) is 0 Å². The van der Waals surface area contributed by atoms with E-state index in [1.165, 1.54) is 16.7 Å².